The van der Waals surface area contributed by atoms with Gasteiger partial charge in [0.1, 0.15) is 11.5 Å². The summed E-state index contributed by atoms with van der Waals surface area (Å²) >= 11 is 0. The average Bonchev–Trinajstić information content (AvgIpc) is 2.41. The first-order valence-electron chi connectivity index (χ1n) is 6.68. The van der Waals surface area contributed by atoms with Crippen molar-refractivity contribution in [3.8, 4) is 22.6 Å². The molecule has 0 aliphatic heterocycles. The van der Waals surface area contributed by atoms with E-state index in [1.807, 2.05) is 0 Å². The highest BCUT2D eigenvalue weighted by atomic mass is 19.4. The van der Waals surface area contributed by atoms with Gasteiger partial charge in [-0.15, -0.1) is 26.3 Å². The lowest BCUT2D eigenvalue weighted by atomic mass is 10.0. The Morgan fingerprint density at radius 2 is 0.958 bits per heavy atom. The van der Waals surface area contributed by atoms with E-state index in [4.69, 9.17) is 0 Å². The first-order valence-corrected chi connectivity index (χ1v) is 6.68. The first kappa shape index (κ1) is 18.0. The van der Waals surface area contributed by atoms with Crippen LogP contribution < -0.4 is 9.47 Å². The molecule has 0 aliphatic carbocycles. The van der Waals surface area contributed by atoms with Crippen LogP contribution in [0.25, 0.3) is 11.1 Å². The number of hydrogen-bond acceptors (Lipinski definition) is 2. The van der Waals surface area contributed by atoms with Gasteiger partial charge in [0, 0.05) is 0 Å². The number of aryl methyl sites for hydroxylation is 2. The van der Waals surface area contributed by atoms with Crippen LogP contribution >= 0.6 is 0 Å². The Labute approximate surface area is 133 Å². The fourth-order valence-corrected chi connectivity index (χ4v) is 2.03. The van der Waals surface area contributed by atoms with E-state index < -0.39 is 24.2 Å². The fraction of sp³-hybridized carbons (Fsp3) is 0.250. The van der Waals surface area contributed by atoms with E-state index in [-0.39, 0.29) is 22.3 Å². The molecule has 0 heterocycles. The van der Waals surface area contributed by atoms with E-state index in [2.05, 4.69) is 9.47 Å². The molecule has 0 aliphatic rings. The Morgan fingerprint density at radius 1 is 0.625 bits per heavy atom. The van der Waals surface area contributed by atoms with Gasteiger partial charge in [-0.05, 0) is 48.2 Å². The Balaban J connectivity index is 2.42. The van der Waals surface area contributed by atoms with Gasteiger partial charge in [-0.25, -0.2) is 0 Å². The van der Waals surface area contributed by atoms with Gasteiger partial charge in [0.2, 0.25) is 0 Å². The third-order valence-corrected chi connectivity index (χ3v) is 3.16. The third kappa shape index (κ3) is 4.81. The summed E-state index contributed by atoms with van der Waals surface area (Å²) in [4.78, 5) is 0. The average molecular weight is 350 g/mol. The highest BCUT2D eigenvalue weighted by Crippen LogP contribution is 2.34. The molecule has 0 saturated carbocycles. The molecular weight excluding hydrogens is 338 g/mol. The summed E-state index contributed by atoms with van der Waals surface area (Å²) in [6.07, 6.45) is -9.72. The maximum atomic E-state index is 12.4. The number of alkyl halides is 6. The molecule has 24 heavy (non-hydrogen) atoms. The van der Waals surface area contributed by atoms with Gasteiger partial charge in [-0.2, -0.15) is 0 Å². The summed E-state index contributed by atoms with van der Waals surface area (Å²) in [5.41, 5.74) is 1.03. The van der Waals surface area contributed by atoms with Crippen molar-refractivity contribution in [2.75, 3.05) is 0 Å². The maximum absolute atomic E-state index is 12.4. The SMILES string of the molecule is Cc1ccc(-c2ccc(C)c(OC(F)(F)F)c2)cc1OC(F)(F)F. The minimum atomic E-state index is -4.86. The zero-order chi connectivity index (χ0) is 18.1. The quantitative estimate of drug-likeness (QED) is 0.655. The van der Waals surface area contributed by atoms with Crippen molar-refractivity contribution in [1.29, 1.82) is 0 Å². The molecule has 0 unspecified atom stereocenters. The number of rotatable bonds is 3. The molecule has 2 aromatic carbocycles. The van der Waals surface area contributed by atoms with Crippen LogP contribution in [0.15, 0.2) is 36.4 Å². The van der Waals surface area contributed by atoms with Crippen LogP contribution in [0, 0.1) is 13.8 Å². The summed E-state index contributed by atoms with van der Waals surface area (Å²) in [6, 6.07) is 7.98. The summed E-state index contributed by atoms with van der Waals surface area (Å²) in [5, 5.41) is 0. The lowest BCUT2D eigenvalue weighted by Gasteiger charge is -2.15. The van der Waals surface area contributed by atoms with E-state index in [1.54, 1.807) is 0 Å². The topological polar surface area (TPSA) is 18.5 Å². The lowest BCUT2D eigenvalue weighted by molar-refractivity contribution is -0.275. The van der Waals surface area contributed by atoms with E-state index in [1.165, 1.54) is 38.1 Å². The number of benzene rings is 2. The van der Waals surface area contributed by atoms with Gasteiger partial charge in [0.05, 0.1) is 0 Å². The van der Waals surface area contributed by atoms with Gasteiger partial charge >= 0.3 is 12.7 Å². The fourth-order valence-electron chi connectivity index (χ4n) is 2.03. The van der Waals surface area contributed by atoms with Crippen LogP contribution in [0.4, 0.5) is 26.3 Å². The second-order valence-corrected chi connectivity index (χ2v) is 5.06. The molecule has 0 aromatic heterocycles. The molecule has 0 spiro atoms. The molecule has 2 aromatic rings. The van der Waals surface area contributed by atoms with Crippen molar-refractivity contribution in [1.82, 2.24) is 0 Å². The Morgan fingerprint density at radius 3 is 1.25 bits per heavy atom. The van der Waals surface area contributed by atoms with Crippen LogP contribution in [0.1, 0.15) is 11.1 Å². The summed E-state index contributed by atoms with van der Waals surface area (Å²) in [6.45, 7) is 2.86. The molecule has 0 N–H and O–H groups in total. The molecule has 130 valence electrons. The number of hydrogen-bond donors (Lipinski definition) is 0. The zero-order valence-electron chi connectivity index (χ0n) is 12.5. The molecule has 0 fully saturated rings. The van der Waals surface area contributed by atoms with E-state index in [9.17, 15) is 26.3 Å². The zero-order valence-corrected chi connectivity index (χ0v) is 12.5. The lowest BCUT2D eigenvalue weighted by Crippen LogP contribution is -2.18. The Bertz CT molecular complexity index is 671. The van der Waals surface area contributed by atoms with Gasteiger partial charge < -0.3 is 9.47 Å². The molecule has 0 amide bonds. The summed E-state index contributed by atoms with van der Waals surface area (Å²) in [5.74, 6) is -0.835. The maximum Gasteiger partial charge on any atom is 0.573 e. The highest BCUT2D eigenvalue weighted by molar-refractivity contribution is 5.68. The largest absolute Gasteiger partial charge is 0.573 e. The van der Waals surface area contributed by atoms with Crippen LogP contribution in [-0.4, -0.2) is 12.7 Å². The van der Waals surface area contributed by atoms with Crippen LogP contribution in [0.3, 0.4) is 0 Å². The van der Waals surface area contributed by atoms with Crippen LogP contribution in [0.5, 0.6) is 11.5 Å². The normalized spacial score (nSPS) is 12.2. The number of halogens is 6. The van der Waals surface area contributed by atoms with Crippen LogP contribution in [-0.2, 0) is 0 Å². The molecule has 2 rings (SSSR count). The van der Waals surface area contributed by atoms with Crippen molar-refractivity contribution in [2.45, 2.75) is 26.6 Å². The Hall–Kier alpha value is -2.38. The van der Waals surface area contributed by atoms with Gasteiger partial charge in [0.15, 0.2) is 0 Å². The second kappa shape index (κ2) is 6.26. The molecule has 0 bridgehead atoms. The van der Waals surface area contributed by atoms with Crippen molar-refractivity contribution in [3.05, 3.63) is 47.5 Å². The van der Waals surface area contributed by atoms with Crippen LogP contribution in [0.2, 0.25) is 0 Å². The van der Waals surface area contributed by atoms with Gasteiger partial charge in [-0.1, -0.05) is 24.3 Å². The van der Waals surface area contributed by atoms with E-state index in [0.717, 1.165) is 12.1 Å². The molecule has 0 saturated heterocycles. The predicted octanol–water partition coefficient (Wildman–Crippen LogP) is 5.77. The Kier molecular flexibility index (Phi) is 4.68. The monoisotopic (exact) mass is 350 g/mol. The van der Waals surface area contributed by atoms with Crippen molar-refractivity contribution >= 4 is 0 Å². The van der Waals surface area contributed by atoms with E-state index in [0.29, 0.717) is 0 Å². The van der Waals surface area contributed by atoms with Gasteiger partial charge in [-0.3, -0.25) is 0 Å². The summed E-state index contributed by atoms with van der Waals surface area (Å²) in [7, 11) is 0. The molecule has 0 radical (unpaired) electrons. The molecular formula is C16H12F6O2. The van der Waals surface area contributed by atoms with E-state index >= 15 is 0 Å². The highest BCUT2D eigenvalue weighted by Gasteiger charge is 2.33. The molecule has 0 atom stereocenters. The standard InChI is InChI=1S/C16H12F6O2/c1-9-3-5-11(7-13(9)23-15(17,18)19)12-6-4-10(2)14(8-12)24-16(20,21)22/h3-8H,1-2H3. The van der Waals surface area contributed by atoms with Crippen molar-refractivity contribution in [2.24, 2.45) is 0 Å². The summed E-state index contributed by atoms with van der Waals surface area (Å²) < 4.78 is 82.2. The number of ether oxygens (including phenoxy) is 2. The predicted molar refractivity (Wildman–Crippen MR) is 74.7 cm³/mol. The molecule has 2 nitrogen and oxygen atoms in total. The molecule has 8 heteroatoms. The minimum Gasteiger partial charge on any atom is -0.405 e. The van der Waals surface area contributed by atoms with Crippen molar-refractivity contribution in [3.63, 3.8) is 0 Å². The smallest absolute Gasteiger partial charge is 0.405 e. The second-order valence-electron chi connectivity index (χ2n) is 5.06. The minimum absolute atomic E-state index is 0.245. The third-order valence-electron chi connectivity index (χ3n) is 3.16. The van der Waals surface area contributed by atoms with Crippen molar-refractivity contribution < 1.29 is 35.8 Å². The van der Waals surface area contributed by atoms with Gasteiger partial charge in [0.25, 0.3) is 0 Å². The first-order chi connectivity index (χ1) is 10.9.